The number of nitrogens with one attached hydrogen (secondary N) is 1. The third-order valence-corrected chi connectivity index (χ3v) is 4.24. The van der Waals surface area contributed by atoms with Crippen molar-refractivity contribution in [1.29, 1.82) is 0 Å². The highest BCUT2D eigenvalue weighted by Crippen LogP contribution is 2.24. The molecular formula is C20H22N2O4. The van der Waals surface area contributed by atoms with E-state index in [1.807, 2.05) is 12.1 Å². The fourth-order valence-electron chi connectivity index (χ4n) is 2.83. The molecule has 3 rings (SSSR count). The normalized spacial score (nSPS) is 14.8. The van der Waals surface area contributed by atoms with E-state index in [4.69, 9.17) is 9.47 Å². The van der Waals surface area contributed by atoms with Crippen molar-refractivity contribution in [2.45, 2.75) is 25.9 Å². The predicted molar refractivity (Wildman–Crippen MR) is 99.7 cm³/mol. The minimum Gasteiger partial charge on any atom is -0.497 e. The molecule has 1 aliphatic rings. The molecule has 1 aliphatic heterocycles. The zero-order valence-electron chi connectivity index (χ0n) is 14.9. The number of amides is 2. The number of carbonyl (C=O) groups is 2. The van der Waals surface area contributed by atoms with Crippen LogP contribution in [0.3, 0.4) is 0 Å². The molecule has 26 heavy (non-hydrogen) atoms. The summed E-state index contributed by atoms with van der Waals surface area (Å²) in [5, 5.41) is 2.84. The van der Waals surface area contributed by atoms with Crippen LogP contribution in [0.4, 0.5) is 11.4 Å². The van der Waals surface area contributed by atoms with Crippen LogP contribution in [0.1, 0.15) is 19.8 Å². The number of hydrogen-bond acceptors (Lipinski definition) is 4. The molecule has 0 spiro atoms. The van der Waals surface area contributed by atoms with Crippen LogP contribution in [0.15, 0.2) is 48.5 Å². The van der Waals surface area contributed by atoms with Crippen molar-refractivity contribution in [3.05, 3.63) is 48.5 Å². The largest absolute Gasteiger partial charge is 0.497 e. The van der Waals surface area contributed by atoms with Crippen molar-refractivity contribution >= 4 is 23.2 Å². The van der Waals surface area contributed by atoms with Gasteiger partial charge < -0.3 is 19.7 Å². The SMILES string of the molecule is COc1ccc(OC(C)C(=O)Nc2cccc(N3CCCC3=O)c2)cc1. The summed E-state index contributed by atoms with van der Waals surface area (Å²) in [7, 11) is 1.59. The summed E-state index contributed by atoms with van der Waals surface area (Å²) in [4.78, 5) is 26.0. The summed E-state index contributed by atoms with van der Waals surface area (Å²) in [5.41, 5.74) is 1.44. The molecule has 136 valence electrons. The van der Waals surface area contributed by atoms with Crippen LogP contribution < -0.4 is 19.7 Å². The Kier molecular flexibility index (Phi) is 5.41. The number of ether oxygens (including phenoxy) is 2. The molecule has 6 nitrogen and oxygen atoms in total. The topological polar surface area (TPSA) is 67.9 Å². The fourth-order valence-corrected chi connectivity index (χ4v) is 2.83. The van der Waals surface area contributed by atoms with Gasteiger partial charge in [-0.1, -0.05) is 6.07 Å². The van der Waals surface area contributed by atoms with Crippen LogP contribution in [-0.4, -0.2) is 31.6 Å². The molecule has 2 aromatic rings. The van der Waals surface area contributed by atoms with E-state index in [0.29, 0.717) is 24.4 Å². The van der Waals surface area contributed by atoms with E-state index in [1.54, 1.807) is 55.3 Å². The fraction of sp³-hybridized carbons (Fsp3) is 0.300. The van der Waals surface area contributed by atoms with Crippen LogP contribution >= 0.6 is 0 Å². The third kappa shape index (κ3) is 4.14. The van der Waals surface area contributed by atoms with Crippen LogP contribution in [0.5, 0.6) is 11.5 Å². The van der Waals surface area contributed by atoms with Crippen molar-refractivity contribution in [3.8, 4) is 11.5 Å². The molecule has 2 amide bonds. The van der Waals surface area contributed by atoms with Gasteiger partial charge in [-0.2, -0.15) is 0 Å². The van der Waals surface area contributed by atoms with Gasteiger partial charge in [-0.15, -0.1) is 0 Å². The van der Waals surface area contributed by atoms with E-state index in [2.05, 4.69) is 5.32 Å². The molecule has 0 bridgehead atoms. The first-order chi connectivity index (χ1) is 12.6. The van der Waals surface area contributed by atoms with Gasteiger partial charge >= 0.3 is 0 Å². The molecule has 0 aromatic heterocycles. The summed E-state index contributed by atoms with van der Waals surface area (Å²) in [5.74, 6) is 1.17. The second kappa shape index (κ2) is 7.91. The number of benzene rings is 2. The van der Waals surface area contributed by atoms with Gasteiger partial charge in [0.1, 0.15) is 11.5 Å². The lowest BCUT2D eigenvalue weighted by Crippen LogP contribution is -2.30. The number of nitrogens with zero attached hydrogens (tertiary/aromatic N) is 1. The van der Waals surface area contributed by atoms with Gasteiger partial charge in [0.05, 0.1) is 7.11 Å². The molecule has 1 atom stereocenters. The standard InChI is InChI=1S/C20H22N2O4/c1-14(26-18-10-8-17(25-2)9-11-18)20(24)21-15-5-3-6-16(13-15)22-12-4-7-19(22)23/h3,5-6,8-11,13-14H,4,7,12H2,1-2H3,(H,21,24). The summed E-state index contributed by atoms with van der Waals surface area (Å²) in [6.45, 7) is 2.40. The van der Waals surface area contributed by atoms with E-state index in [1.165, 1.54) is 0 Å². The average molecular weight is 354 g/mol. The molecule has 6 heteroatoms. The van der Waals surface area contributed by atoms with E-state index < -0.39 is 6.10 Å². The number of hydrogen-bond donors (Lipinski definition) is 1. The molecule has 2 aromatic carbocycles. The third-order valence-electron chi connectivity index (χ3n) is 4.24. The first-order valence-corrected chi connectivity index (χ1v) is 8.59. The van der Waals surface area contributed by atoms with E-state index >= 15 is 0 Å². The van der Waals surface area contributed by atoms with Gasteiger partial charge in [-0.3, -0.25) is 9.59 Å². The summed E-state index contributed by atoms with van der Waals surface area (Å²) in [6, 6.07) is 14.3. The molecule has 1 heterocycles. The highest BCUT2D eigenvalue weighted by molar-refractivity contribution is 5.97. The summed E-state index contributed by atoms with van der Waals surface area (Å²) < 4.78 is 10.8. The van der Waals surface area contributed by atoms with Crippen molar-refractivity contribution in [2.24, 2.45) is 0 Å². The quantitative estimate of drug-likeness (QED) is 0.865. The molecule has 1 fully saturated rings. The molecule has 1 N–H and O–H groups in total. The molecule has 0 radical (unpaired) electrons. The van der Waals surface area contributed by atoms with E-state index in [-0.39, 0.29) is 11.8 Å². The Morgan fingerprint density at radius 1 is 1.15 bits per heavy atom. The lowest BCUT2D eigenvalue weighted by Gasteiger charge is -2.18. The Morgan fingerprint density at radius 2 is 1.88 bits per heavy atom. The molecule has 1 unspecified atom stereocenters. The zero-order chi connectivity index (χ0) is 18.5. The summed E-state index contributed by atoms with van der Waals surface area (Å²) >= 11 is 0. The summed E-state index contributed by atoms with van der Waals surface area (Å²) in [6.07, 6.45) is 0.770. The van der Waals surface area contributed by atoms with E-state index in [0.717, 1.165) is 17.9 Å². The van der Waals surface area contributed by atoms with Gasteiger partial charge in [0, 0.05) is 24.3 Å². The van der Waals surface area contributed by atoms with Crippen molar-refractivity contribution in [2.75, 3.05) is 23.9 Å². The van der Waals surface area contributed by atoms with Crippen LogP contribution in [0, 0.1) is 0 Å². The van der Waals surface area contributed by atoms with Gasteiger partial charge in [0.25, 0.3) is 5.91 Å². The maximum Gasteiger partial charge on any atom is 0.265 e. The van der Waals surface area contributed by atoms with Gasteiger partial charge in [0.15, 0.2) is 6.10 Å². The van der Waals surface area contributed by atoms with Gasteiger partial charge in [-0.25, -0.2) is 0 Å². The smallest absolute Gasteiger partial charge is 0.265 e. The monoisotopic (exact) mass is 354 g/mol. The Hall–Kier alpha value is -3.02. The van der Waals surface area contributed by atoms with Gasteiger partial charge in [0.2, 0.25) is 5.91 Å². The number of carbonyl (C=O) groups excluding carboxylic acids is 2. The predicted octanol–water partition coefficient (Wildman–Crippen LogP) is 3.23. The highest BCUT2D eigenvalue weighted by Gasteiger charge is 2.22. The minimum atomic E-state index is -0.666. The number of anilines is 2. The average Bonchev–Trinajstić information content (AvgIpc) is 3.08. The Labute approximate surface area is 152 Å². The van der Waals surface area contributed by atoms with Crippen LogP contribution in [-0.2, 0) is 9.59 Å². The zero-order valence-corrected chi connectivity index (χ0v) is 14.9. The minimum absolute atomic E-state index is 0.115. The molecule has 0 saturated carbocycles. The number of rotatable bonds is 6. The molecule has 1 saturated heterocycles. The van der Waals surface area contributed by atoms with Crippen molar-refractivity contribution in [1.82, 2.24) is 0 Å². The Balaban J connectivity index is 1.62. The Bertz CT molecular complexity index is 789. The van der Waals surface area contributed by atoms with Crippen molar-refractivity contribution in [3.63, 3.8) is 0 Å². The molecule has 0 aliphatic carbocycles. The van der Waals surface area contributed by atoms with Crippen LogP contribution in [0.25, 0.3) is 0 Å². The first-order valence-electron chi connectivity index (χ1n) is 8.59. The molecular weight excluding hydrogens is 332 g/mol. The van der Waals surface area contributed by atoms with Crippen LogP contribution in [0.2, 0.25) is 0 Å². The van der Waals surface area contributed by atoms with E-state index in [9.17, 15) is 9.59 Å². The highest BCUT2D eigenvalue weighted by atomic mass is 16.5. The lowest BCUT2D eigenvalue weighted by atomic mass is 10.2. The maximum absolute atomic E-state index is 12.4. The first kappa shape index (κ1) is 17.8. The number of methoxy groups -OCH3 is 1. The van der Waals surface area contributed by atoms with Gasteiger partial charge in [-0.05, 0) is 55.8 Å². The van der Waals surface area contributed by atoms with Crippen molar-refractivity contribution < 1.29 is 19.1 Å². The second-order valence-corrected chi connectivity index (χ2v) is 6.12. The Morgan fingerprint density at radius 3 is 2.54 bits per heavy atom. The maximum atomic E-state index is 12.4. The second-order valence-electron chi connectivity index (χ2n) is 6.12. The lowest BCUT2D eigenvalue weighted by molar-refractivity contribution is -0.122.